The second-order valence-corrected chi connectivity index (χ2v) is 11.3. The van der Waals surface area contributed by atoms with Crippen molar-refractivity contribution in [2.45, 2.75) is 18.9 Å². The zero-order valence-corrected chi connectivity index (χ0v) is 20.0. The third-order valence-corrected chi connectivity index (χ3v) is 9.38. The van der Waals surface area contributed by atoms with Crippen molar-refractivity contribution >= 4 is 13.4 Å². The molecule has 6 rings (SSSR count). The molecule has 0 saturated carbocycles. The quantitative estimate of drug-likeness (QED) is 0.156. The highest BCUT2D eigenvalue weighted by Crippen LogP contribution is 2.64. The van der Waals surface area contributed by atoms with Crippen LogP contribution in [0.3, 0.4) is 0 Å². The van der Waals surface area contributed by atoms with Crippen LogP contribution in [-0.2, 0) is 15.5 Å². The average molecular weight is 513 g/mol. The fourth-order valence-corrected chi connectivity index (χ4v) is 6.97. The average Bonchev–Trinajstić information content (AvgIpc) is 3.77. The largest absolute Gasteiger partial charge is 0.450 e. The van der Waals surface area contributed by atoms with Gasteiger partial charge in [0.1, 0.15) is 17.4 Å². The first-order valence-corrected chi connectivity index (χ1v) is 13.2. The number of nitro benzene ring substituents is 1. The fraction of sp³-hybridized carbons (Fsp3) is 0.280. The van der Waals surface area contributed by atoms with Crippen molar-refractivity contribution in [2.24, 2.45) is 0 Å². The van der Waals surface area contributed by atoms with E-state index in [4.69, 9.17) is 9.26 Å². The molecule has 1 atom stereocenters. The predicted octanol–water partition coefficient (Wildman–Crippen LogP) is 6.08. The van der Waals surface area contributed by atoms with Crippen molar-refractivity contribution in [3.8, 4) is 22.6 Å². The second kappa shape index (κ2) is 8.74. The normalized spacial score (nSPS) is 19.2. The number of rotatable bonds is 8. The molecule has 0 bridgehead atoms. The lowest BCUT2D eigenvalue weighted by atomic mass is 10.0. The zero-order chi connectivity index (χ0) is 25.0. The predicted molar refractivity (Wildman–Crippen MR) is 128 cm³/mol. The third kappa shape index (κ3) is 4.20. The molecule has 11 heteroatoms. The number of ether oxygens (including phenoxy) is 1. The van der Waals surface area contributed by atoms with Crippen LogP contribution in [0, 0.1) is 21.7 Å². The molecule has 1 aliphatic carbocycles. The van der Waals surface area contributed by atoms with Crippen molar-refractivity contribution in [3.05, 3.63) is 87.5 Å². The first-order chi connectivity index (χ1) is 17.3. The molecule has 36 heavy (non-hydrogen) atoms. The summed E-state index contributed by atoms with van der Waals surface area (Å²) in [7, 11) is -3.08. The minimum Gasteiger partial charge on any atom is -0.450 e. The van der Waals surface area contributed by atoms with Crippen LogP contribution >= 0.6 is 7.67 Å². The van der Waals surface area contributed by atoms with Gasteiger partial charge < -0.3 is 4.74 Å². The summed E-state index contributed by atoms with van der Waals surface area (Å²) in [6.07, 6.45) is 0.469. The summed E-state index contributed by atoms with van der Waals surface area (Å²) in [5.74, 6) is -0.899. The van der Waals surface area contributed by atoms with Crippen LogP contribution in [0.15, 0.2) is 54.6 Å². The van der Waals surface area contributed by atoms with E-state index in [0.29, 0.717) is 29.5 Å². The highest BCUT2D eigenvalue weighted by Gasteiger charge is 2.51. The van der Waals surface area contributed by atoms with Gasteiger partial charge in [0, 0.05) is 49.4 Å². The van der Waals surface area contributed by atoms with Gasteiger partial charge in [-0.2, -0.15) is 0 Å². The standard InChI is InChI=1S/C25H22F2N3O5P/c26-17-3-1-16(2-4-17)19-6-5-18(15-22(19)27)34-25-21-8-10-24(20(21)7-9-23(25)30(31)32)35-36(33,28-11-12-28)29-13-14-29/h1-7,9,15,24H,8,10-14H2/t24-/m0/s1. The van der Waals surface area contributed by atoms with Crippen LogP contribution in [0.2, 0.25) is 0 Å². The molecular weight excluding hydrogens is 491 g/mol. The smallest absolute Gasteiger partial charge is 0.346 e. The fourth-order valence-electron chi connectivity index (χ4n) is 4.60. The van der Waals surface area contributed by atoms with Crippen LogP contribution in [0.5, 0.6) is 11.5 Å². The van der Waals surface area contributed by atoms with Crippen molar-refractivity contribution in [1.29, 1.82) is 0 Å². The van der Waals surface area contributed by atoms with Crippen molar-refractivity contribution in [2.75, 3.05) is 26.2 Å². The molecule has 3 aromatic rings. The molecule has 0 amide bonds. The van der Waals surface area contributed by atoms with Crippen LogP contribution in [0.25, 0.3) is 11.1 Å². The Kier molecular flexibility index (Phi) is 5.64. The number of benzene rings is 3. The van der Waals surface area contributed by atoms with E-state index in [1.807, 2.05) is 9.34 Å². The Bertz CT molecular complexity index is 1390. The maximum atomic E-state index is 14.9. The van der Waals surface area contributed by atoms with Gasteiger partial charge in [0.2, 0.25) is 5.75 Å². The second-order valence-electron chi connectivity index (χ2n) is 9.02. The molecular formula is C25H22F2N3O5P. The lowest BCUT2D eigenvalue weighted by Gasteiger charge is -2.24. The molecule has 0 aromatic heterocycles. The molecule has 2 fully saturated rings. The summed E-state index contributed by atoms with van der Waals surface area (Å²) in [6.45, 7) is 2.89. The molecule has 3 aromatic carbocycles. The molecule has 0 N–H and O–H groups in total. The van der Waals surface area contributed by atoms with Gasteiger partial charge in [0.05, 0.1) is 11.0 Å². The highest BCUT2D eigenvalue weighted by molar-refractivity contribution is 7.54. The topological polar surface area (TPSA) is 84.7 Å². The maximum absolute atomic E-state index is 14.9. The van der Waals surface area contributed by atoms with Crippen LogP contribution in [0.1, 0.15) is 23.7 Å². The van der Waals surface area contributed by atoms with Crippen molar-refractivity contribution < 1.29 is 27.5 Å². The molecule has 0 radical (unpaired) electrons. The Morgan fingerprint density at radius 2 is 1.67 bits per heavy atom. The minimum atomic E-state index is -3.08. The van der Waals surface area contributed by atoms with E-state index in [1.54, 1.807) is 6.07 Å². The number of hydrogen-bond acceptors (Lipinski definition) is 5. The lowest BCUT2D eigenvalue weighted by molar-refractivity contribution is -0.385. The zero-order valence-electron chi connectivity index (χ0n) is 19.1. The van der Waals surface area contributed by atoms with E-state index in [1.165, 1.54) is 42.5 Å². The summed E-state index contributed by atoms with van der Waals surface area (Å²) in [5, 5.41) is 11.8. The molecule has 3 aliphatic rings. The van der Waals surface area contributed by atoms with Gasteiger partial charge in [-0.25, -0.2) is 18.1 Å². The van der Waals surface area contributed by atoms with Gasteiger partial charge in [0.25, 0.3) is 0 Å². The van der Waals surface area contributed by atoms with E-state index >= 15 is 0 Å². The van der Waals surface area contributed by atoms with E-state index in [9.17, 15) is 23.5 Å². The maximum Gasteiger partial charge on any atom is 0.346 e. The van der Waals surface area contributed by atoms with Crippen LogP contribution in [-0.4, -0.2) is 40.4 Å². The number of hydrogen-bond donors (Lipinski definition) is 0. The van der Waals surface area contributed by atoms with Crippen molar-refractivity contribution in [3.63, 3.8) is 0 Å². The van der Waals surface area contributed by atoms with Gasteiger partial charge in [-0.05, 0) is 54.3 Å². The number of fused-ring (bicyclic) bond motifs is 1. The summed E-state index contributed by atoms with van der Waals surface area (Å²) in [5.41, 5.74) is 1.81. The first-order valence-electron chi connectivity index (χ1n) is 11.7. The van der Waals surface area contributed by atoms with Gasteiger partial charge in [-0.15, -0.1) is 0 Å². The van der Waals surface area contributed by atoms with Gasteiger partial charge in [-0.3, -0.25) is 19.2 Å². The summed E-state index contributed by atoms with van der Waals surface area (Å²) >= 11 is 0. The van der Waals surface area contributed by atoms with Gasteiger partial charge in [-0.1, -0.05) is 12.1 Å². The molecule has 2 heterocycles. The van der Waals surface area contributed by atoms with Crippen molar-refractivity contribution in [1.82, 2.24) is 9.34 Å². The first kappa shape index (κ1) is 23.2. The van der Waals surface area contributed by atoms with Crippen LogP contribution < -0.4 is 4.74 Å². The Morgan fingerprint density at radius 1 is 0.972 bits per heavy atom. The SMILES string of the molecule is O=[N+]([O-])c1ccc2c(c1Oc1ccc(-c3ccc(F)cc3)c(F)c1)CC[C@@H]2OP(=O)(N1CC1)N1CC1. The Labute approximate surface area is 205 Å². The highest BCUT2D eigenvalue weighted by atomic mass is 31.2. The molecule has 186 valence electrons. The van der Waals surface area contributed by atoms with E-state index < -0.39 is 30.3 Å². The van der Waals surface area contributed by atoms with E-state index in [0.717, 1.165) is 32.2 Å². The Morgan fingerprint density at radius 3 is 2.28 bits per heavy atom. The summed E-state index contributed by atoms with van der Waals surface area (Å²) in [6, 6.07) is 12.6. The van der Waals surface area contributed by atoms with E-state index in [2.05, 4.69) is 0 Å². The minimum absolute atomic E-state index is 0.0332. The summed E-state index contributed by atoms with van der Waals surface area (Å²) < 4.78 is 57.4. The van der Waals surface area contributed by atoms with Gasteiger partial charge >= 0.3 is 13.4 Å². The lowest BCUT2D eigenvalue weighted by Crippen LogP contribution is -2.11. The molecule has 0 unspecified atom stereocenters. The van der Waals surface area contributed by atoms with Gasteiger partial charge in [0.15, 0.2) is 0 Å². The number of halogens is 2. The number of nitro groups is 1. The monoisotopic (exact) mass is 513 g/mol. The van der Waals surface area contributed by atoms with Crippen LogP contribution in [0.4, 0.5) is 14.5 Å². The molecule has 2 saturated heterocycles. The molecule has 0 spiro atoms. The Balaban J connectivity index is 1.31. The Hall–Kier alpha value is -3.17. The summed E-state index contributed by atoms with van der Waals surface area (Å²) in [4.78, 5) is 11.2. The van der Waals surface area contributed by atoms with E-state index in [-0.39, 0.29) is 22.7 Å². The third-order valence-electron chi connectivity index (χ3n) is 6.62. The molecule has 8 nitrogen and oxygen atoms in total. The number of nitrogens with zero attached hydrogens (tertiary/aromatic N) is 3. The molecule has 2 aliphatic heterocycles.